The Hall–Kier alpha value is -3.05. The molecule has 0 saturated carbocycles. The summed E-state index contributed by atoms with van der Waals surface area (Å²) >= 11 is 0. The number of hydrogen-bond donors (Lipinski definition) is 1. The van der Waals surface area contributed by atoms with Gasteiger partial charge in [-0.15, -0.1) is 0 Å². The number of hydrogen-bond acceptors (Lipinski definition) is 6. The average molecular weight is 436 g/mol. The maximum atomic E-state index is 14.2. The largest absolute Gasteiger partial charge is 0.481 e. The molecule has 0 unspecified atom stereocenters. The fraction of sp³-hybridized carbons (Fsp3) is 0.316. The van der Waals surface area contributed by atoms with Crippen molar-refractivity contribution in [1.82, 2.24) is 19.5 Å². The van der Waals surface area contributed by atoms with Gasteiger partial charge in [0, 0.05) is 43.1 Å². The maximum absolute atomic E-state index is 14.2. The Bertz CT molecular complexity index is 1100. The second-order valence-corrected chi connectivity index (χ2v) is 8.43. The number of fused-ring (bicyclic) bond motifs is 1. The van der Waals surface area contributed by atoms with Crippen LogP contribution in [-0.4, -0.2) is 74.3 Å². The molecular weight excluding hydrogens is 415 g/mol. The Kier molecular flexibility index (Phi) is 6.32. The minimum Gasteiger partial charge on any atom is -0.481 e. The summed E-state index contributed by atoms with van der Waals surface area (Å²) in [7, 11) is -2.66. The van der Waals surface area contributed by atoms with Gasteiger partial charge in [0.25, 0.3) is 0 Å². The van der Waals surface area contributed by atoms with Crippen molar-refractivity contribution in [1.29, 1.82) is 0 Å². The van der Waals surface area contributed by atoms with Crippen molar-refractivity contribution in [3.63, 3.8) is 0 Å². The number of piperazine rings is 1. The van der Waals surface area contributed by atoms with Gasteiger partial charge >= 0.3 is 0 Å². The minimum absolute atomic E-state index is 0.0453. The highest BCUT2D eigenvalue weighted by Gasteiger charge is 2.32. The van der Waals surface area contributed by atoms with Gasteiger partial charge in [0.1, 0.15) is 5.82 Å². The van der Waals surface area contributed by atoms with Gasteiger partial charge in [-0.05, 0) is 24.3 Å². The number of benzene rings is 1. The fourth-order valence-corrected chi connectivity index (χ4v) is 4.87. The van der Waals surface area contributed by atoms with Crippen molar-refractivity contribution in [2.45, 2.75) is 4.90 Å². The summed E-state index contributed by atoms with van der Waals surface area (Å²) < 4.78 is 46.9. The summed E-state index contributed by atoms with van der Waals surface area (Å²) in [5.41, 5.74) is 0. The smallest absolute Gasteiger partial charge is 0.243 e. The lowest BCUT2D eigenvalue weighted by atomic mass is 10.1. The van der Waals surface area contributed by atoms with Gasteiger partial charge in [-0.1, -0.05) is 6.58 Å². The third-order valence-electron chi connectivity index (χ3n) is 4.77. The summed E-state index contributed by atoms with van der Waals surface area (Å²) in [5.74, 6) is -1.39. The van der Waals surface area contributed by atoms with Gasteiger partial charge < -0.3 is 15.0 Å². The molecule has 0 aliphatic carbocycles. The van der Waals surface area contributed by atoms with Gasteiger partial charge in [0.2, 0.25) is 27.7 Å². The molecule has 1 N–H and O–H groups in total. The molecule has 1 aromatic heterocycles. The summed E-state index contributed by atoms with van der Waals surface area (Å²) in [4.78, 5) is 28.6. The highest BCUT2D eigenvalue weighted by Crippen LogP contribution is 2.31. The monoisotopic (exact) mass is 436 g/mol. The molecule has 2 heterocycles. The molecule has 0 spiro atoms. The number of halogens is 1. The molecular formula is C19H21FN4O5S. The van der Waals surface area contributed by atoms with Gasteiger partial charge in [-0.3, -0.25) is 9.59 Å². The molecule has 3 rings (SSSR count). The number of ether oxygens (including phenoxy) is 1. The van der Waals surface area contributed by atoms with Crippen molar-refractivity contribution in [3.8, 4) is 5.88 Å². The first-order valence-electron chi connectivity index (χ1n) is 9.08. The molecule has 1 fully saturated rings. The van der Waals surface area contributed by atoms with Crippen LogP contribution in [0.2, 0.25) is 0 Å². The van der Waals surface area contributed by atoms with E-state index in [2.05, 4.69) is 16.9 Å². The van der Waals surface area contributed by atoms with Gasteiger partial charge in [-0.2, -0.15) is 4.31 Å². The van der Waals surface area contributed by atoms with Gasteiger partial charge in [0.15, 0.2) is 0 Å². The molecule has 160 valence electrons. The lowest BCUT2D eigenvalue weighted by Crippen LogP contribution is -2.52. The zero-order chi connectivity index (χ0) is 21.9. The standard InChI is InChI=1S/C19H21FN4O5S/c1-3-17(25)22-12-18(26)23-6-8-24(9-7-23)30(27,28)16-11-13(20)10-15-14(16)4-5-21-19(15)29-2/h3-5,10-11H,1,6-9,12H2,2H3,(H,22,25). The van der Waals surface area contributed by atoms with Crippen molar-refractivity contribution in [3.05, 3.63) is 42.9 Å². The molecule has 1 aliphatic rings. The van der Waals surface area contributed by atoms with E-state index < -0.39 is 21.7 Å². The molecule has 1 aromatic carbocycles. The highest BCUT2D eigenvalue weighted by molar-refractivity contribution is 7.89. The van der Waals surface area contributed by atoms with E-state index in [0.29, 0.717) is 5.39 Å². The Morgan fingerprint density at radius 3 is 2.60 bits per heavy atom. The topological polar surface area (TPSA) is 109 Å². The number of carbonyl (C=O) groups is 2. The van der Waals surface area contributed by atoms with Crippen LogP contribution < -0.4 is 10.1 Å². The average Bonchev–Trinajstić information content (AvgIpc) is 2.76. The first-order valence-corrected chi connectivity index (χ1v) is 10.5. The predicted octanol–water partition coefficient (Wildman–Crippen LogP) is 0.518. The number of sulfonamides is 1. The molecule has 2 aromatic rings. The lowest BCUT2D eigenvalue weighted by molar-refractivity contribution is -0.133. The molecule has 0 radical (unpaired) electrons. The van der Waals surface area contributed by atoms with Crippen molar-refractivity contribution >= 4 is 32.6 Å². The van der Waals surface area contributed by atoms with Crippen molar-refractivity contribution < 1.29 is 27.1 Å². The summed E-state index contributed by atoms with van der Waals surface area (Å²) in [6.45, 7) is 3.51. The normalized spacial score (nSPS) is 15.1. The second kappa shape index (κ2) is 8.76. The van der Waals surface area contributed by atoms with E-state index in [1.54, 1.807) is 0 Å². The van der Waals surface area contributed by atoms with E-state index in [-0.39, 0.29) is 54.8 Å². The van der Waals surface area contributed by atoms with Crippen LogP contribution in [0.15, 0.2) is 41.9 Å². The molecule has 11 heteroatoms. The number of amides is 2. The van der Waals surface area contributed by atoms with E-state index in [1.807, 2.05) is 0 Å². The molecule has 9 nitrogen and oxygen atoms in total. The van der Waals surface area contributed by atoms with Crippen LogP contribution in [-0.2, 0) is 19.6 Å². The summed E-state index contributed by atoms with van der Waals surface area (Å²) in [6, 6.07) is 3.64. The molecule has 0 atom stereocenters. The molecule has 1 saturated heterocycles. The molecule has 0 bridgehead atoms. The first kappa shape index (κ1) is 21.7. The number of pyridine rings is 1. The summed E-state index contributed by atoms with van der Waals surface area (Å²) in [6.07, 6.45) is 2.46. The van der Waals surface area contributed by atoms with E-state index >= 15 is 0 Å². The lowest BCUT2D eigenvalue weighted by Gasteiger charge is -2.34. The molecule has 30 heavy (non-hydrogen) atoms. The van der Waals surface area contributed by atoms with Gasteiger partial charge in [-0.25, -0.2) is 17.8 Å². The minimum atomic E-state index is -4.03. The molecule has 2 amide bonds. The van der Waals surface area contributed by atoms with Crippen LogP contribution in [0.25, 0.3) is 10.8 Å². The Balaban J connectivity index is 1.80. The third-order valence-corrected chi connectivity index (χ3v) is 6.71. The van der Waals surface area contributed by atoms with Crippen LogP contribution >= 0.6 is 0 Å². The number of aromatic nitrogens is 1. The summed E-state index contributed by atoms with van der Waals surface area (Å²) in [5, 5.41) is 2.95. The fourth-order valence-electron chi connectivity index (χ4n) is 3.23. The number of nitrogens with one attached hydrogen (secondary N) is 1. The van der Waals surface area contributed by atoms with Crippen LogP contribution in [0.3, 0.4) is 0 Å². The van der Waals surface area contributed by atoms with Crippen molar-refractivity contribution in [2.75, 3.05) is 39.8 Å². The van der Waals surface area contributed by atoms with Crippen LogP contribution in [0.1, 0.15) is 0 Å². The van der Waals surface area contributed by atoms with E-state index in [1.165, 1.54) is 34.6 Å². The number of carbonyl (C=O) groups excluding carboxylic acids is 2. The predicted molar refractivity (Wildman–Crippen MR) is 107 cm³/mol. The van der Waals surface area contributed by atoms with Crippen LogP contribution in [0, 0.1) is 5.82 Å². The number of methoxy groups -OCH3 is 1. The maximum Gasteiger partial charge on any atom is 0.243 e. The van der Waals surface area contributed by atoms with Crippen molar-refractivity contribution in [2.24, 2.45) is 0 Å². The van der Waals surface area contributed by atoms with Gasteiger partial charge in [0.05, 0.1) is 18.6 Å². The Morgan fingerprint density at radius 2 is 1.97 bits per heavy atom. The van der Waals surface area contributed by atoms with Crippen LogP contribution in [0.4, 0.5) is 4.39 Å². The van der Waals surface area contributed by atoms with E-state index in [4.69, 9.17) is 4.74 Å². The number of rotatable bonds is 6. The zero-order valence-corrected chi connectivity index (χ0v) is 17.1. The Morgan fingerprint density at radius 1 is 1.27 bits per heavy atom. The Labute approximate surface area is 173 Å². The van der Waals surface area contributed by atoms with Crippen LogP contribution in [0.5, 0.6) is 5.88 Å². The quantitative estimate of drug-likeness (QED) is 0.662. The third kappa shape index (κ3) is 4.26. The SMILES string of the molecule is C=CC(=O)NCC(=O)N1CCN(S(=O)(=O)c2cc(F)cc3c(OC)nccc23)CC1. The zero-order valence-electron chi connectivity index (χ0n) is 16.3. The highest BCUT2D eigenvalue weighted by atomic mass is 32.2. The second-order valence-electron chi connectivity index (χ2n) is 6.53. The van der Waals surface area contributed by atoms with E-state index in [9.17, 15) is 22.4 Å². The van der Waals surface area contributed by atoms with E-state index in [0.717, 1.165) is 12.1 Å². The number of nitrogens with zero attached hydrogens (tertiary/aromatic N) is 3. The first-order chi connectivity index (χ1) is 14.3. The molecule has 1 aliphatic heterocycles.